The maximum Gasteiger partial charge on any atom is 0.416 e. The Hall–Kier alpha value is -2.17. The fourth-order valence-electron chi connectivity index (χ4n) is 2.09. The van der Waals surface area contributed by atoms with Gasteiger partial charge in [-0.05, 0) is 41.5 Å². The molecular formula is C14H9F3N2. The second kappa shape index (κ2) is 4.19. The van der Waals surface area contributed by atoms with Gasteiger partial charge in [0.2, 0.25) is 0 Å². The Morgan fingerprint density at radius 3 is 2.42 bits per heavy atom. The average molecular weight is 262 g/mol. The van der Waals surface area contributed by atoms with Crippen molar-refractivity contribution in [2.24, 2.45) is 4.99 Å². The molecule has 19 heavy (non-hydrogen) atoms. The van der Waals surface area contributed by atoms with Gasteiger partial charge in [0.15, 0.2) is 0 Å². The van der Waals surface area contributed by atoms with Crippen LogP contribution in [0.3, 0.4) is 0 Å². The van der Waals surface area contributed by atoms with Crippen molar-refractivity contribution < 1.29 is 13.2 Å². The van der Waals surface area contributed by atoms with Gasteiger partial charge in [0.05, 0.1) is 17.0 Å². The molecule has 0 bridgehead atoms. The first-order valence-electron chi connectivity index (χ1n) is 5.72. The number of benzene rings is 1. The second-order valence-electron chi connectivity index (χ2n) is 4.31. The number of aliphatic imine (C=N–C) groups is 1. The van der Waals surface area contributed by atoms with Gasteiger partial charge in [0.1, 0.15) is 0 Å². The smallest absolute Gasteiger partial charge is 0.265 e. The van der Waals surface area contributed by atoms with E-state index in [1.165, 1.54) is 12.1 Å². The molecule has 0 amide bonds. The number of aromatic nitrogens is 1. The Morgan fingerprint density at radius 1 is 1.00 bits per heavy atom. The number of nitrogens with zero attached hydrogens (tertiary/aromatic N) is 2. The topological polar surface area (TPSA) is 25.2 Å². The molecule has 5 heteroatoms. The van der Waals surface area contributed by atoms with Gasteiger partial charge >= 0.3 is 6.18 Å². The molecule has 2 aromatic rings. The highest BCUT2D eigenvalue weighted by Crippen LogP contribution is 2.35. The molecule has 0 N–H and O–H groups in total. The zero-order valence-electron chi connectivity index (χ0n) is 9.78. The first kappa shape index (κ1) is 11.9. The van der Waals surface area contributed by atoms with Gasteiger partial charge in [0.25, 0.3) is 0 Å². The molecule has 1 aromatic heterocycles. The van der Waals surface area contributed by atoms with Crippen molar-refractivity contribution in [2.75, 3.05) is 0 Å². The van der Waals surface area contributed by atoms with E-state index in [0.717, 1.165) is 17.3 Å². The van der Waals surface area contributed by atoms with E-state index in [-0.39, 0.29) is 0 Å². The molecule has 0 saturated heterocycles. The SMILES string of the molecule is FC(F)(F)c1ccc2c(c1)CC(c1ccncc1)=N2. The summed E-state index contributed by atoms with van der Waals surface area (Å²) in [6.07, 6.45) is -0.609. The van der Waals surface area contributed by atoms with Crippen LogP contribution >= 0.6 is 0 Å². The monoisotopic (exact) mass is 262 g/mol. The van der Waals surface area contributed by atoms with Crippen LogP contribution in [-0.2, 0) is 12.6 Å². The van der Waals surface area contributed by atoms with E-state index in [1.807, 2.05) is 0 Å². The molecule has 1 aliphatic heterocycles. The summed E-state index contributed by atoms with van der Waals surface area (Å²) >= 11 is 0. The van der Waals surface area contributed by atoms with E-state index in [4.69, 9.17) is 0 Å². The molecule has 1 aromatic carbocycles. The Balaban J connectivity index is 1.95. The molecule has 1 aliphatic rings. The van der Waals surface area contributed by atoms with Gasteiger partial charge in [-0.15, -0.1) is 0 Å². The summed E-state index contributed by atoms with van der Waals surface area (Å²) in [5, 5.41) is 0. The number of halogens is 3. The van der Waals surface area contributed by atoms with Gasteiger partial charge in [-0.25, -0.2) is 0 Å². The summed E-state index contributed by atoms with van der Waals surface area (Å²) in [6, 6.07) is 7.27. The number of alkyl halides is 3. The lowest BCUT2D eigenvalue weighted by Crippen LogP contribution is -2.05. The molecule has 0 saturated carbocycles. The molecule has 2 nitrogen and oxygen atoms in total. The van der Waals surface area contributed by atoms with Crippen molar-refractivity contribution in [1.82, 2.24) is 4.98 Å². The number of hydrogen-bond acceptors (Lipinski definition) is 2. The molecule has 0 fully saturated rings. The lowest BCUT2D eigenvalue weighted by Gasteiger charge is -2.07. The van der Waals surface area contributed by atoms with Crippen molar-refractivity contribution in [1.29, 1.82) is 0 Å². The number of pyridine rings is 1. The number of rotatable bonds is 1. The van der Waals surface area contributed by atoms with E-state index in [0.29, 0.717) is 17.7 Å². The minimum atomic E-state index is -4.31. The molecule has 0 radical (unpaired) electrons. The lowest BCUT2D eigenvalue weighted by molar-refractivity contribution is -0.137. The summed E-state index contributed by atoms with van der Waals surface area (Å²) in [4.78, 5) is 8.28. The summed E-state index contributed by atoms with van der Waals surface area (Å²) in [6.45, 7) is 0. The van der Waals surface area contributed by atoms with Crippen LogP contribution in [0.15, 0.2) is 47.7 Å². The third kappa shape index (κ3) is 2.23. The summed E-state index contributed by atoms with van der Waals surface area (Å²) in [7, 11) is 0. The van der Waals surface area contributed by atoms with Crippen LogP contribution in [0.5, 0.6) is 0 Å². The third-order valence-corrected chi connectivity index (χ3v) is 3.03. The van der Waals surface area contributed by atoms with Crippen molar-refractivity contribution in [3.63, 3.8) is 0 Å². The standard InChI is InChI=1S/C14H9F3N2/c15-14(16,17)11-1-2-12-10(7-11)8-13(19-12)9-3-5-18-6-4-9/h1-7H,8H2. The first-order valence-corrected chi connectivity index (χ1v) is 5.72. The second-order valence-corrected chi connectivity index (χ2v) is 4.31. The van der Waals surface area contributed by atoms with Gasteiger partial charge in [0, 0.05) is 18.8 Å². The first-order chi connectivity index (χ1) is 9.04. The number of hydrogen-bond donors (Lipinski definition) is 0. The Bertz CT molecular complexity index is 645. The molecular weight excluding hydrogens is 253 g/mol. The third-order valence-electron chi connectivity index (χ3n) is 3.03. The Kier molecular flexibility index (Phi) is 2.62. The van der Waals surface area contributed by atoms with Crippen LogP contribution in [-0.4, -0.2) is 10.7 Å². The van der Waals surface area contributed by atoms with Crippen LogP contribution in [0.25, 0.3) is 0 Å². The van der Waals surface area contributed by atoms with Crippen LogP contribution < -0.4 is 0 Å². The highest BCUT2D eigenvalue weighted by Gasteiger charge is 2.31. The summed E-state index contributed by atoms with van der Waals surface area (Å²) in [5.41, 5.74) is 2.26. The van der Waals surface area contributed by atoms with Crippen LogP contribution in [0.2, 0.25) is 0 Å². The lowest BCUT2D eigenvalue weighted by atomic mass is 10.0. The van der Waals surface area contributed by atoms with E-state index in [1.54, 1.807) is 24.5 Å². The molecule has 0 unspecified atom stereocenters. The molecule has 0 spiro atoms. The minimum Gasteiger partial charge on any atom is -0.265 e. The van der Waals surface area contributed by atoms with Gasteiger partial charge < -0.3 is 0 Å². The largest absolute Gasteiger partial charge is 0.416 e. The quantitative estimate of drug-likeness (QED) is 0.767. The molecule has 0 aliphatic carbocycles. The van der Waals surface area contributed by atoms with Crippen LogP contribution in [0, 0.1) is 0 Å². The van der Waals surface area contributed by atoms with Crippen molar-refractivity contribution in [2.45, 2.75) is 12.6 Å². The number of fused-ring (bicyclic) bond motifs is 1. The van der Waals surface area contributed by atoms with E-state index < -0.39 is 11.7 Å². The van der Waals surface area contributed by atoms with Crippen LogP contribution in [0.1, 0.15) is 16.7 Å². The molecule has 2 heterocycles. The van der Waals surface area contributed by atoms with E-state index in [9.17, 15) is 13.2 Å². The minimum absolute atomic E-state index is 0.420. The van der Waals surface area contributed by atoms with Gasteiger partial charge in [-0.3, -0.25) is 9.98 Å². The average Bonchev–Trinajstić information content (AvgIpc) is 2.81. The normalized spacial score (nSPS) is 14.2. The fourth-order valence-corrected chi connectivity index (χ4v) is 2.09. The molecule has 96 valence electrons. The predicted octanol–water partition coefficient (Wildman–Crippen LogP) is 3.78. The Labute approximate surface area is 107 Å². The summed E-state index contributed by atoms with van der Waals surface area (Å²) < 4.78 is 37.9. The highest BCUT2D eigenvalue weighted by molar-refractivity contribution is 6.06. The molecule has 3 rings (SSSR count). The molecule has 0 atom stereocenters. The van der Waals surface area contributed by atoms with Gasteiger partial charge in [-0.2, -0.15) is 13.2 Å². The van der Waals surface area contributed by atoms with Crippen molar-refractivity contribution >= 4 is 11.4 Å². The van der Waals surface area contributed by atoms with Crippen LogP contribution in [0.4, 0.5) is 18.9 Å². The van der Waals surface area contributed by atoms with E-state index in [2.05, 4.69) is 9.98 Å². The van der Waals surface area contributed by atoms with Crippen molar-refractivity contribution in [3.05, 3.63) is 59.4 Å². The zero-order chi connectivity index (χ0) is 13.5. The Morgan fingerprint density at radius 2 is 1.74 bits per heavy atom. The fraction of sp³-hybridized carbons (Fsp3) is 0.143. The van der Waals surface area contributed by atoms with E-state index >= 15 is 0 Å². The maximum absolute atomic E-state index is 12.6. The summed E-state index contributed by atoms with van der Waals surface area (Å²) in [5.74, 6) is 0. The predicted molar refractivity (Wildman–Crippen MR) is 65.6 cm³/mol. The highest BCUT2D eigenvalue weighted by atomic mass is 19.4. The van der Waals surface area contributed by atoms with Gasteiger partial charge in [-0.1, -0.05) is 0 Å². The zero-order valence-corrected chi connectivity index (χ0v) is 9.78. The van der Waals surface area contributed by atoms with Crippen molar-refractivity contribution in [3.8, 4) is 0 Å². The maximum atomic E-state index is 12.6.